The van der Waals surface area contributed by atoms with Crippen molar-refractivity contribution >= 4 is 27.7 Å². The first-order valence-electron chi connectivity index (χ1n) is 6.78. The van der Waals surface area contributed by atoms with Gasteiger partial charge in [0.05, 0.1) is 11.1 Å². The molecule has 0 spiro atoms. The van der Waals surface area contributed by atoms with Crippen LogP contribution in [0.2, 0.25) is 0 Å². The van der Waals surface area contributed by atoms with E-state index in [0.29, 0.717) is 4.47 Å². The lowest BCUT2D eigenvalue weighted by molar-refractivity contribution is -0.137. The standard InChI is InChI=1S/C15H12BrF4N3O/c16-10-2-3-12(17)11(7-10)14(24)22-6-5-21-13-4-1-9(8-23-13)15(18,19)20/h1-4,7-8H,5-6H2,(H,21,23)(H,22,24). The molecule has 1 aromatic carbocycles. The van der Waals surface area contributed by atoms with E-state index in [9.17, 15) is 22.4 Å². The molecule has 0 fully saturated rings. The smallest absolute Gasteiger partial charge is 0.368 e. The van der Waals surface area contributed by atoms with Crippen LogP contribution in [0.3, 0.4) is 0 Å². The second-order valence-corrected chi connectivity index (χ2v) is 5.65. The molecule has 0 saturated heterocycles. The van der Waals surface area contributed by atoms with E-state index in [0.717, 1.165) is 12.3 Å². The number of hydrogen-bond donors (Lipinski definition) is 2. The number of pyridine rings is 1. The molecule has 0 aliphatic heterocycles. The fourth-order valence-electron chi connectivity index (χ4n) is 1.80. The van der Waals surface area contributed by atoms with Crippen LogP contribution in [-0.2, 0) is 6.18 Å². The molecule has 24 heavy (non-hydrogen) atoms. The average molecular weight is 406 g/mol. The van der Waals surface area contributed by atoms with E-state index >= 15 is 0 Å². The lowest BCUT2D eigenvalue weighted by Crippen LogP contribution is -2.29. The molecule has 0 unspecified atom stereocenters. The van der Waals surface area contributed by atoms with Crippen LogP contribution in [0.1, 0.15) is 15.9 Å². The summed E-state index contributed by atoms with van der Waals surface area (Å²) in [6.07, 6.45) is -3.72. The number of halogens is 5. The van der Waals surface area contributed by atoms with E-state index in [4.69, 9.17) is 0 Å². The summed E-state index contributed by atoms with van der Waals surface area (Å²) in [4.78, 5) is 15.5. The third-order valence-electron chi connectivity index (χ3n) is 2.98. The van der Waals surface area contributed by atoms with E-state index in [1.807, 2.05) is 0 Å². The summed E-state index contributed by atoms with van der Waals surface area (Å²) in [7, 11) is 0. The predicted octanol–water partition coefficient (Wildman–Crippen LogP) is 3.84. The van der Waals surface area contributed by atoms with Gasteiger partial charge in [-0.1, -0.05) is 15.9 Å². The van der Waals surface area contributed by atoms with Crippen molar-refractivity contribution in [3.8, 4) is 0 Å². The van der Waals surface area contributed by atoms with Crippen LogP contribution >= 0.6 is 15.9 Å². The first-order chi connectivity index (χ1) is 11.3. The minimum absolute atomic E-state index is 0.1000. The Morgan fingerprint density at radius 2 is 1.92 bits per heavy atom. The van der Waals surface area contributed by atoms with Crippen LogP contribution in [-0.4, -0.2) is 24.0 Å². The van der Waals surface area contributed by atoms with Gasteiger partial charge in [0.2, 0.25) is 0 Å². The molecular formula is C15H12BrF4N3O. The van der Waals surface area contributed by atoms with E-state index in [-0.39, 0.29) is 24.5 Å². The Morgan fingerprint density at radius 3 is 2.54 bits per heavy atom. The minimum Gasteiger partial charge on any atom is -0.368 e. The van der Waals surface area contributed by atoms with Crippen LogP contribution in [0.5, 0.6) is 0 Å². The van der Waals surface area contributed by atoms with Crippen molar-refractivity contribution in [3.05, 3.63) is 57.9 Å². The number of amides is 1. The van der Waals surface area contributed by atoms with Gasteiger partial charge in [-0.25, -0.2) is 9.37 Å². The summed E-state index contributed by atoms with van der Waals surface area (Å²) >= 11 is 3.15. The third-order valence-corrected chi connectivity index (χ3v) is 3.47. The van der Waals surface area contributed by atoms with Crippen molar-refractivity contribution in [1.29, 1.82) is 0 Å². The van der Waals surface area contributed by atoms with Crippen molar-refractivity contribution in [2.45, 2.75) is 6.18 Å². The molecule has 0 aliphatic carbocycles. The molecule has 0 atom stereocenters. The molecule has 1 heterocycles. The molecule has 0 radical (unpaired) electrons. The van der Waals surface area contributed by atoms with E-state index in [1.54, 1.807) is 0 Å². The molecule has 2 aromatic rings. The number of anilines is 1. The van der Waals surface area contributed by atoms with Crippen LogP contribution in [0.15, 0.2) is 41.0 Å². The normalized spacial score (nSPS) is 11.2. The van der Waals surface area contributed by atoms with Gasteiger partial charge >= 0.3 is 6.18 Å². The maximum atomic E-state index is 13.5. The second-order valence-electron chi connectivity index (χ2n) is 4.74. The van der Waals surface area contributed by atoms with Crippen LogP contribution < -0.4 is 10.6 Å². The summed E-state index contributed by atoms with van der Waals surface area (Å²) in [5.41, 5.74) is -0.941. The number of alkyl halides is 3. The summed E-state index contributed by atoms with van der Waals surface area (Å²) in [6, 6.07) is 6.10. The van der Waals surface area contributed by atoms with E-state index in [2.05, 4.69) is 31.5 Å². The molecule has 4 nitrogen and oxygen atoms in total. The Hall–Kier alpha value is -2.16. The van der Waals surface area contributed by atoms with Gasteiger partial charge in [-0.05, 0) is 30.3 Å². The number of nitrogens with zero attached hydrogens (tertiary/aromatic N) is 1. The number of carbonyl (C=O) groups excluding carboxylic acids is 1. The molecule has 1 aromatic heterocycles. The summed E-state index contributed by atoms with van der Waals surface area (Å²) in [5, 5.41) is 5.26. The maximum absolute atomic E-state index is 13.5. The molecule has 1 amide bonds. The number of hydrogen-bond acceptors (Lipinski definition) is 3. The van der Waals surface area contributed by atoms with E-state index in [1.165, 1.54) is 24.3 Å². The first kappa shape index (κ1) is 18.2. The van der Waals surface area contributed by atoms with Crippen LogP contribution in [0.4, 0.5) is 23.4 Å². The highest BCUT2D eigenvalue weighted by Gasteiger charge is 2.30. The molecule has 9 heteroatoms. The van der Waals surface area contributed by atoms with Gasteiger partial charge in [-0.3, -0.25) is 4.79 Å². The number of carbonyl (C=O) groups is 1. The second kappa shape index (κ2) is 7.61. The number of nitrogens with one attached hydrogen (secondary N) is 2. The zero-order chi connectivity index (χ0) is 17.7. The number of benzene rings is 1. The van der Waals surface area contributed by atoms with Crippen molar-refractivity contribution < 1.29 is 22.4 Å². The molecular weight excluding hydrogens is 394 g/mol. The van der Waals surface area contributed by atoms with Gasteiger partial charge in [0.25, 0.3) is 5.91 Å². The van der Waals surface area contributed by atoms with Crippen molar-refractivity contribution in [2.75, 3.05) is 18.4 Å². The largest absolute Gasteiger partial charge is 0.417 e. The lowest BCUT2D eigenvalue weighted by Gasteiger charge is -2.10. The number of rotatable bonds is 5. The Kier molecular flexibility index (Phi) is 5.76. The highest BCUT2D eigenvalue weighted by molar-refractivity contribution is 9.10. The Morgan fingerprint density at radius 1 is 1.17 bits per heavy atom. The molecule has 2 rings (SSSR count). The summed E-state index contributed by atoms with van der Waals surface area (Å²) in [6.45, 7) is 0.368. The fraction of sp³-hybridized carbons (Fsp3) is 0.200. The Bertz CT molecular complexity index is 720. The SMILES string of the molecule is O=C(NCCNc1ccc(C(F)(F)F)cn1)c1cc(Br)ccc1F. The fourth-order valence-corrected chi connectivity index (χ4v) is 2.16. The molecule has 128 valence electrons. The monoisotopic (exact) mass is 405 g/mol. The van der Waals surface area contributed by atoms with Crippen molar-refractivity contribution in [3.63, 3.8) is 0 Å². The molecule has 0 aliphatic rings. The topological polar surface area (TPSA) is 54.0 Å². The molecule has 0 saturated carbocycles. The lowest BCUT2D eigenvalue weighted by atomic mass is 10.2. The van der Waals surface area contributed by atoms with Gasteiger partial charge in [0.1, 0.15) is 11.6 Å². The Balaban J connectivity index is 1.82. The van der Waals surface area contributed by atoms with Gasteiger partial charge in [0.15, 0.2) is 0 Å². The third kappa shape index (κ3) is 4.92. The summed E-state index contributed by atoms with van der Waals surface area (Å²) in [5.74, 6) is -0.991. The highest BCUT2D eigenvalue weighted by Crippen LogP contribution is 2.28. The summed E-state index contributed by atoms with van der Waals surface area (Å²) < 4.78 is 51.3. The average Bonchev–Trinajstić information content (AvgIpc) is 2.53. The quantitative estimate of drug-likeness (QED) is 0.586. The maximum Gasteiger partial charge on any atom is 0.417 e. The zero-order valence-corrected chi connectivity index (χ0v) is 13.7. The van der Waals surface area contributed by atoms with E-state index < -0.39 is 23.5 Å². The highest BCUT2D eigenvalue weighted by atomic mass is 79.9. The predicted molar refractivity (Wildman–Crippen MR) is 84.2 cm³/mol. The zero-order valence-electron chi connectivity index (χ0n) is 12.1. The van der Waals surface area contributed by atoms with Gasteiger partial charge in [-0.2, -0.15) is 13.2 Å². The van der Waals surface area contributed by atoms with Crippen molar-refractivity contribution in [1.82, 2.24) is 10.3 Å². The molecule has 2 N–H and O–H groups in total. The first-order valence-corrected chi connectivity index (χ1v) is 7.57. The Labute approximate surface area is 143 Å². The van der Waals surface area contributed by atoms with Crippen LogP contribution in [0, 0.1) is 5.82 Å². The number of aromatic nitrogens is 1. The van der Waals surface area contributed by atoms with Gasteiger partial charge < -0.3 is 10.6 Å². The molecule has 0 bridgehead atoms. The van der Waals surface area contributed by atoms with Gasteiger partial charge in [0, 0.05) is 23.8 Å². The van der Waals surface area contributed by atoms with Gasteiger partial charge in [-0.15, -0.1) is 0 Å². The minimum atomic E-state index is -4.44. The van der Waals surface area contributed by atoms with Crippen LogP contribution in [0.25, 0.3) is 0 Å². The van der Waals surface area contributed by atoms with Crippen molar-refractivity contribution in [2.24, 2.45) is 0 Å².